The van der Waals surface area contributed by atoms with E-state index in [0.29, 0.717) is 5.69 Å². The lowest BCUT2D eigenvalue weighted by atomic mass is 10.2. The van der Waals surface area contributed by atoms with Crippen molar-refractivity contribution in [3.05, 3.63) is 18.6 Å². The fourth-order valence-corrected chi connectivity index (χ4v) is 1.26. The number of aromatic nitrogens is 3. The minimum absolute atomic E-state index is 0.148. The van der Waals surface area contributed by atoms with Crippen LogP contribution in [0, 0.1) is 0 Å². The van der Waals surface area contributed by atoms with Gasteiger partial charge in [0.15, 0.2) is 5.75 Å². The number of rotatable bonds is 0. The SMILES string of the molecule is Oc1cn(P)cc2cnnc1-2. The largest absolute Gasteiger partial charge is 0.504 e. The van der Waals surface area contributed by atoms with E-state index in [1.54, 1.807) is 16.7 Å². The van der Waals surface area contributed by atoms with Crippen LogP contribution in [0.1, 0.15) is 0 Å². The predicted octanol–water partition coefficient (Wildman–Crippen LogP) is 0.727. The third-order valence-electron chi connectivity index (χ3n) is 1.43. The summed E-state index contributed by atoms with van der Waals surface area (Å²) in [5, 5.41) is 16.7. The highest BCUT2D eigenvalue weighted by Gasteiger charge is 2.09. The average molecular weight is 167 g/mol. The maximum absolute atomic E-state index is 9.30. The summed E-state index contributed by atoms with van der Waals surface area (Å²) in [7, 11) is 2.43. The molecule has 11 heavy (non-hydrogen) atoms. The highest BCUT2D eigenvalue weighted by Crippen LogP contribution is 2.28. The summed E-state index contributed by atoms with van der Waals surface area (Å²) < 4.78 is 1.68. The third-order valence-corrected chi connectivity index (χ3v) is 1.73. The van der Waals surface area contributed by atoms with E-state index >= 15 is 0 Å². The molecule has 2 heterocycles. The third kappa shape index (κ3) is 0.955. The molecule has 56 valence electrons. The summed E-state index contributed by atoms with van der Waals surface area (Å²) in [6.07, 6.45) is 4.98. The Kier molecular flexibility index (Phi) is 1.29. The van der Waals surface area contributed by atoms with Crippen molar-refractivity contribution < 1.29 is 5.11 Å². The average Bonchev–Trinajstić information content (AvgIpc) is 2.34. The molecular weight excluding hydrogens is 161 g/mol. The second-order valence-electron chi connectivity index (χ2n) is 2.24. The van der Waals surface area contributed by atoms with Gasteiger partial charge in [0.1, 0.15) is 5.69 Å². The maximum Gasteiger partial charge on any atom is 0.160 e. The van der Waals surface area contributed by atoms with Crippen LogP contribution in [0.15, 0.2) is 18.6 Å². The van der Waals surface area contributed by atoms with Gasteiger partial charge in [-0.3, -0.25) is 0 Å². The van der Waals surface area contributed by atoms with Crippen LogP contribution in [0.4, 0.5) is 0 Å². The van der Waals surface area contributed by atoms with Crippen LogP contribution < -0.4 is 0 Å². The van der Waals surface area contributed by atoms with Crippen LogP contribution in [0.5, 0.6) is 5.75 Å². The molecule has 2 rings (SSSR count). The van der Waals surface area contributed by atoms with Gasteiger partial charge in [-0.2, -0.15) is 5.10 Å². The van der Waals surface area contributed by atoms with Gasteiger partial charge in [-0.1, -0.05) is 0 Å². The molecule has 0 bridgehead atoms. The first-order valence-corrected chi connectivity index (χ1v) is 3.56. The van der Waals surface area contributed by atoms with E-state index in [4.69, 9.17) is 0 Å². The Morgan fingerprint density at radius 2 is 2.27 bits per heavy atom. The molecule has 5 heteroatoms. The number of hydrogen-bond donors (Lipinski definition) is 1. The quantitative estimate of drug-likeness (QED) is 0.588. The van der Waals surface area contributed by atoms with Crippen LogP contribution in [0.2, 0.25) is 0 Å². The fourth-order valence-electron chi connectivity index (χ4n) is 0.961. The number of fused-ring (bicyclic) bond motifs is 1. The van der Waals surface area contributed by atoms with E-state index in [9.17, 15) is 5.11 Å². The zero-order valence-corrected chi connectivity index (χ0v) is 6.75. The van der Waals surface area contributed by atoms with Crippen molar-refractivity contribution in [1.29, 1.82) is 0 Å². The van der Waals surface area contributed by atoms with Gasteiger partial charge in [0.05, 0.1) is 12.4 Å². The first-order chi connectivity index (χ1) is 5.27. The van der Waals surface area contributed by atoms with Crippen molar-refractivity contribution in [1.82, 2.24) is 14.5 Å². The highest BCUT2D eigenvalue weighted by molar-refractivity contribution is 7.14. The summed E-state index contributed by atoms with van der Waals surface area (Å²) in [5.74, 6) is 0.148. The van der Waals surface area contributed by atoms with Crippen LogP contribution >= 0.6 is 9.39 Å². The lowest BCUT2D eigenvalue weighted by Gasteiger charge is -2.02. The van der Waals surface area contributed by atoms with E-state index in [-0.39, 0.29) is 5.75 Å². The second-order valence-corrected chi connectivity index (χ2v) is 2.84. The fraction of sp³-hybridized carbons (Fsp3) is 0. The minimum atomic E-state index is 0.148. The summed E-state index contributed by atoms with van der Waals surface area (Å²) >= 11 is 0. The van der Waals surface area contributed by atoms with Gasteiger partial charge in [0, 0.05) is 11.8 Å². The van der Waals surface area contributed by atoms with E-state index in [2.05, 4.69) is 19.6 Å². The Hall–Kier alpha value is -1.15. The summed E-state index contributed by atoms with van der Waals surface area (Å²) in [5.41, 5.74) is 1.38. The molecule has 0 fully saturated rings. The Labute approximate surface area is 65.5 Å². The van der Waals surface area contributed by atoms with Crippen molar-refractivity contribution in [2.75, 3.05) is 0 Å². The van der Waals surface area contributed by atoms with E-state index in [0.717, 1.165) is 5.56 Å². The molecule has 0 aromatic carbocycles. The topological polar surface area (TPSA) is 50.9 Å². The number of aromatic hydroxyl groups is 1. The zero-order chi connectivity index (χ0) is 7.84. The summed E-state index contributed by atoms with van der Waals surface area (Å²) in [6.45, 7) is 0. The molecule has 0 amide bonds. The lowest BCUT2D eigenvalue weighted by Crippen LogP contribution is -1.85. The first kappa shape index (κ1) is 6.55. The van der Waals surface area contributed by atoms with E-state index < -0.39 is 0 Å². The Balaban J connectivity index is 2.79. The van der Waals surface area contributed by atoms with Gasteiger partial charge in [-0.05, 0) is 9.39 Å². The monoisotopic (exact) mass is 167 g/mol. The molecular formula is C6H6N3OP. The van der Waals surface area contributed by atoms with Gasteiger partial charge >= 0.3 is 0 Å². The Morgan fingerprint density at radius 1 is 1.45 bits per heavy atom. The number of nitrogens with zero attached hydrogens (tertiary/aromatic N) is 3. The van der Waals surface area contributed by atoms with Crippen molar-refractivity contribution in [3.63, 3.8) is 0 Å². The Morgan fingerprint density at radius 3 is 3.09 bits per heavy atom. The van der Waals surface area contributed by atoms with E-state index in [1.165, 1.54) is 0 Å². The normalized spacial score (nSPS) is 10.6. The van der Waals surface area contributed by atoms with Gasteiger partial charge in [-0.15, -0.1) is 5.10 Å². The van der Waals surface area contributed by atoms with Gasteiger partial charge in [-0.25, -0.2) is 0 Å². The smallest absolute Gasteiger partial charge is 0.160 e. The molecule has 0 aliphatic carbocycles. The van der Waals surface area contributed by atoms with Crippen LogP contribution in [0.25, 0.3) is 11.3 Å². The Bertz CT molecular complexity index is 359. The molecule has 1 unspecified atom stereocenters. The van der Waals surface area contributed by atoms with Crippen LogP contribution in [-0.4, -0.2) is 19.6 Å². The first-order valence-electron chi connectivity index (χ1n) is 3.05. The maximum atomic E-state index is 9.30. The molecule has 0 aromatic heterocycles. The van der Waals surface area contributed by atoms with Crippen molar-refractivity contribution in [2.24, 2.45) is 0 Å². The number of pyridine rings is 1. The molecule has 0 saturated heterocycles. The molecule has 2 aliphatic rings. The van der Waals surface area contributed by atoms with Gasteiger partial charge in [0.2, 0.25) is 0 Å². The second kappa shape index (κ2) is 2.17. The van der Waals surface area contributed by atoms with Crippen LogP contribution in [0.3, 0.4) is 0 Å². The van der Waals surface area contributed by atoms with Crippen molar-refractivity contribution in [2.45, 2.75) is 0 Å². The molecule has 4 nitrogen and oxygen atoms in total. The molecule has 0 aromatic rings. The van der Waals surface area contributed by atoms with Crippen molar-refractivity contribution >= 4 is 9.39 Å². The summed E-state index contributed by atoms with van der Waals surface area (Å²) in [6, 6.07) is 0. The van der Waals surface area contributed by atoms with Crippen LogP contribution in [-0.2, 0) is 0 Å². The molecule has 0 saturated carbocycles. The molecule has 0 spiro atoms. The molecule has 2 aliphatic heterocycles. The molecule has 1 atom stereocenters. The van der Waals surface area contributed by atoms with Gasteiger partial charge in [0.25, 0.3) is 0 Å². The zero-order valence-electron chi connectivity index (χ0n) is 5.60. The minimum Gasteiger partial charge on any atom is -0.504 e. The number of hydrogen-bond acceptors (Lipinski definition) is 3. The molecule has 0 radical (unpaired) electrons. The van der Waals surface area contributed by atoms with E-state index in [1.807, 2.05) is 6.20 Å². The van der Waals surface area contributed by atoms with Gasteiger partial charge < -0.3 is 9.44 Å². The standard InChI is InChI=1S/C6H6N3OP/c10-5-3-9(11)2-4-1-7-8-6(4)5/h1-3,10H,11H2. The molecule has 1 N–H and O–H groups in total. The lowest BCUT2D eigenvalue weighted by molar-refractivity contribution is 0.472. The van der Waals surface area contributed by atoms with Crippen molar-refractivity contribution in [3.8, 4) is 17.0 Å². The predicted molar refractivity (Wildman–Crippen MR) is 43.4 cm³/mol. The highest BCUT2D eigenvalue weighted by atomic mass is 31.0. The summed E-state index contributed by atoms with van der Waals surface area (Å²) in [4.78, 5) is 0.